The molecule has 0 aliphatic heterocycles. The Hall–Kier alpha value is -3.91. The molecule has 6 aromatic rings. The second-order valence-corrected chi connectivity index (χ2v) is 7.30. The topological polar surface area (TPSA) is 17.8 Å². The van der Waals surface area contributed by atoms with Crippen molar-refractivity contribution in [3.05, 3.63) is 109 Å². The predicted molar refractivity (Wildman–Crippen MR) is 122 cm³/mol. The van der Waals surface area contributed by atoms with Crippen LogP contribution in [-0.4, -0.2) is 9.55 Å². The first kappa shape index (κ1) is 16.1. The van der Waals surface area contributed by atoms with Crippen LogP contribution in [-0.2, 0) is 0 Å². The molecule has 0 fully saturated rings. The largest absolute Gasteiger partial charge is 0.309 e. The molecule has 0 N–H and O–H groups in total. The molecular formula is C27H18N2. The third kappa shape index (κ3) is 2.46. The molecule has 0 amide bonds. The molecule has 0 aliphatic rings. The maximum atomic E-state index is 4.73. The summed E-state index contributed by atoms with van der Waals surface area (Å²) >= 11 is 0. The van der Waals surface area contributed by atoms with Crippen LogP contribution in [0.2, 0.25) is 0 Å². The molecule has 6 rings (SSSR count). The smallest absolute Gasteiger partial charge is 0.0802 e. The number of fused-ring (bicyclic) bond motifs is 5. The average Bonchev–Trinajstić information content (AvgIpc) is 3.14. The van der Waals surface area contributed by atoms with Gasteiger partial charge in [-0.05, 0) is 41.5 Å². The van der Waals surface area contributed by atoms with E-state index in [1.165, 1.54) is 38.3 Å². The minimum Gasteiger partial charge on any atom is -0.309 e. The average molecular weight is 370 g/mol. The fraction of sp³-hybridized carbons (Fsp3) is 0. The molecule has 2 nitrogen and oxygen atoms in total. The number of aromatic nitrogens is 2. The van der Waals surface area contributed by atoms with Crippen LogP contribution >= 0.6 is 0 Å². The van der Waals surface area contributed by atoms with Gasteiger partial charge in [0.1, 0.15) is 0 Å². The van der Waals surface area contributed by atoms with Crippen LogP contribution in [0.25, 0.3) is 49.5 Å². The standard InChI is InChI=1S/C27H18N2/c1-3-8-19(9-4-1)21-13-15-23-25(18-21)29(22-11-5-2-6-12-22)24-16-14-20-10-7-17-28-27(20)26(23)24/h1-18H. The van der Waals surface area contributed by atoms with Crippen molar-refractivity contribution in [1.29, 1.82) is 0 Å². The second-order valence-electron chi connectivity index (χ2n) is 7.30. The van der Waals surface area contributed by atoms with Gasteiger partial charge in [0.25, 0.3) is 0 Å². The molecule has 0 radical (unpaired) electrons. The third-order valence-electron chi connectivity index (χ3n) is 5.62. The Labute approximate surface area is 168 Å². The summed E-state index contributed by atoms with van der Waals surface area (Å²) in [6.45, 7) is 0. The summed E-state index contributed by atoms with van der Waals surface area (Å²) in [6, 6.07) is 36.4. The van der Waals surface area contributed by atoms with E-state index in [-0.39, 0.29) is 0 Å². The summed E-state index contributed by atoms with van der Waals surface area (Å²) in [6.07, 6.45) is 1.88. The molecule has 0 saturated heterocycles. The molecule has 0 bridgehead atoms. The lowest BCUT2D eigenvalue weighted by Crippen LogP contribution is -1.93. The van der Waals surface area contributed by atoms with Gasteiger partial charge in [-0.2, -0.15) is 0 Å². The van der Waals surface area contributed by atoms with Gasteiger partial charge in [0, 0.05) is 28.0 Å². The zero-order valence-corrected chi connectivity index (χ0v) is 15.8. The van der Waals surface area contributed by atoms with Crippen molar-refractivity contribution in [2.45, 2.75) is 0 Å². The monoisotopic (exact) mass is 370 g/mol. The summed E-state index contributed by atoms with van der Waals surface area (Å²) < 4.78 is 2.35. The number of nitrogens with zero attached hydrogens (tertiary/aromatic N) is 2. The zero-order chi connectivity index (χ0) is 19.2. The Morgan fingerprint density at radius 3 is 2.21 bits per heavy atom. The van der Waals surface area contributed by atoms with E-state index in [1.54, 1.807) is 0 Å². The van der Waals surface area contributed by atoms with Crippen molar-refractivity contribution < 1.29 is 0 Å². The van der Waals surface area contributed by atoms with Gasteiger partial charge >= 0.3 is 0 Å². The maximum Gasteiger partial charge on any atom is 0.0802 e. The van der Waals surface area contributed by atoms with E-state index in [0.29, 0.717) is 0 Å². The van der Waals surface area contributed by atoms with Gasteiger partial charge in [-0.15, -0.1) is 0 Å². The Morgan fingerprint density at radius 2 is 1.38 bits per heavy atom. The van der Waals surface area contributed by atoms with E-state index < -0.39 is 0 Å². The van der Waals surface area contributed by atoms with Crippen LogP contribution in [0.5, 0.6) is 0 Å². The lowest BCUT2D eigenvalue weighted by atomic mass is 10.0. The molecule has 136 valence electrons. The van der Waals surface area contributed by atoms with Crippen LogP contribution in [0.3, 0.4) is 0 Å². The first-order valence-corrected chi connectivity index (χ1v) is 9.83. The maximum absolute atomic E-state index is 4.73. The molecule has 0 unspecified atom stereocenters. The van der Waals surface area contributed by atoms with E-state index in [2.05, 4.69) is 102 Å². The first-order valence-electron chi connectivity index (χ1n) is 9.83. The van der Waals surface area contributed by atoms with Crippen LogP contribution in [0.1, 0.15) is 0 Å². The third-order valence-corrected chi connectivity index (χ3v) is 5.62. The van der Waals surface area contributed by atoms with Gasteiger partial charge in [-0.25, -0.2) is 0 Å². The van der Waals surface area contributed by atoms with Crippen LogP contribution in [0.4, 0.5) is 0 Å². The molecule has 29 heavy (non-hydrogen) atoms. The molecular weight excluding hydrogens is 352 g/mol. The van der Waals surface area contributed by atoms with Crippen LogP contribution in [0, 0.1) is 0 Å². The SMILES string of the molecule is c1ccc(-c2ccc3c4c5ncccc5ccc4n(-c4ccccc4)c3c2)cc1. The Bertz CT molecular complexity index is 1480. The molecule has 0 aliphatic carbocycles. The van der Waals surface area contributed by atoms with E-state index in [1.807, 2.05) is 12.3 Å². The van der Waals surface area contributed by atoms with Crippen molar-refractivity contribution in [3.63, 3.8) is 0 Å². The Morgan fingerprint density at radius 1 is 0.586 bits per heavy atom. The van der Waals surface area contributed by atoms with Crippen molar-refractivity contribution in [2.24, 2.45) is 0 Å². The first-order chi connectivity index (χ1) is 14.4. The second kappa shape index (κ2) is 6.32. The normalized spacial score (nSPS) is 11.4. The van der Waals surface area contributed by atoms with E-state index in [9.17, 15) is 0 Å². The van der Waals surface area contributed by atoms with Gasteiger partial charge in [0.15, 0.2) is 0 Å². The van der Waals surface area contributed by atoms with E-state index in [0.717, 1.165) is 11.2 Å². The highest BCUT2D eigenvalue weighted by atomic mass is 15.0. The Kier molecular flexibility index (Phi) is 3.50. The molecule has 2 aromatic heterocycles. The molecule has 0 atom stereocenters. The van der Waals surface area contributed by atoms with Gasteiger partial charge in [-0.3, -0.25) is 4.98 Å². The van der Waals surface area contributed by atoms with Crippen molar-refractivity contribution in [3.8, 4) is 16.8 Å². The molecule has 4 aromatic carbocycles. The number of hydrogen-bond donors (Lipinski definition) is 0. The molecule has 0 spiro atoms. The summed E-state index contributed by atoms with van der Waals surface area (Å²) in [4.78, 5) is 4.73. The molecule has 2 heteroatoms. The lowest BCUT2D eigenvalue weighted by molar-refractivity contribution is 1.18. The number of pyridine rings is 1. The van der Waals surface area contributed by atoms with Crippen molar-refractivity contribution in [2.75, 3.05) is 0 Å². The van der Waals surface area contributed by atoms with E-state index >= 15 is 0 Å². The van der Waals surface area contributed by atoms with Gasteiger partial charge in [-0.1, -0.05) is 72.8 Å². The highest BCUT2D eigenvalue weighted by Crippen LogP contribution is 2.37. The highest BCUT2D eigenvalue weighted by Gasteiger charge is 2.16. The summed E-state index contributed by atoms with van der Waals surface area (Å²) in [5.74, 6) is 0. The highest BCUT2D eigenvalue weighted by molar-refractivity contribution is 6.20. The Balaban J connectivity index is 1.79. The van der Waals surface area contributed by atoms with Crippen LogP contribution in [0.15, 0.2) is 109 Å². The van der Waals surface area contributed by atoms with Gasteiger partial charge in [0.2, 0.25) is 0 Å². The van der Waals surface area contributed by atoms with E-state index in [4.69, 9.17) is 4.98 Å². The molecule has 2 heterocycles. The van der Waals surface area contributed by atoms with Gasteiger partial charge < -0.3 is 4.57 Å². The number of hydrogen-bond acceptors (Lipinski definition) is 1. The number of para-hydroxylation sites is 1. The fourth-order valence-corrected chi connectivity index (χ4v) is 4.31. The minimum absolute atomic E-state index is 1.05. The van der Waals surface area contributed by atoms with Crippen LogP contribution < -0.4 is 0 Å². The lowest BCUT2D eigenvalue weighted by Gasteiger charge is -2.09. The number of rotatable bonds is 2. The fourth-order valence-electron chi connectivity index (χ4n) is 4.31. The number of benzene rings is 4. The quantitative estimate of drug-likeness (QED) is 0.321. The summed E-state index contributed by atoms with van der Waals surface area (Å²) in [7, 11) is 0. The van der Waals surface area contributed by atoms with Crippen molar-refractivity contribution in [1.82, 2.24) is 9.55 Å². The summed E-state index contributed by atoms with van der Waals surface area (Å²) in [5.41, 5.74) is 7.04. The molecule has 0 saturated carbocycles. The minimum atomic E-state index is 1.05. The zero-order valence-electron chi connectivity index (χ0n) is 15.8. The summed E-state index contributed by atoms with van der Waals surface area (Å²) in [5, 5.41) is 3.61. The predicted octanol–water partition coefficient (Wildman–Crippen LogP) is 7.00. The van der Waals surface area contributed by atoms with Gasteiger partial charge in [0.05, 0.1) is 16.6 Å². The van der Waals surface area contributed by atoms with Crippen molar-refractivity contribution >= 4 is 32.7 Å².